The van der Waals surface area contributed by atoms with E-state index in [1.165, 1.54) is 25.7 Å². The quantitative estimate of drug-likeness (QED) is 0.812. The van der Waals surface area contributed by atoms with Crippen LogP contribution in [0.25, 0.3) is 0 Å². The molecule has 0 heterocycles. The van der Waals surface area contributed by atoms with Gasteiger partial charge in [-0.25, -0.2) is 0 Å². The Kier molecular flexibility index (Phi) is 4.53. The number of hydrogen-bond donors (Lipinski definition) is 2. The highest BCUT2D eigenvalue weighted by molar-refractivity contribution is 5.54. The maximum Gasteiger partial charge on any atom is 0.121 e. The molecule has 0 bridgehead atoms. The van der Waals surface area contributed by atoms with Crippen LogP contribution in [0.3, 0.4) is 0 Å². The average molecular weight is 262 g/mol. The number of phenolic OH excluding ortho intramolecular Hbond substituents is 1. The van der Waals surface area contributed by atoms with Crippen LogP contribution in [0.1, 0.15) is 43.7 Å². The molecule has 0 amide bonds. The van der Waals surface area contributed by atoms with Gasteiger partial charge in [-0.1, -0.05) is 6.92 Å². The molecule has 104 valence electrons. The summed E-state index contributed by atoms with van der Waals surface area (Å²) in [4.78, 5) is 10.7. The van der Waals surface area contributed by atoms with Gasteiger partial charge in [0.1, 0.15) is 11.4 Å². The van der Waals surface area contributed by atoms with Gasteiger partial charge >= 0.3 is 0 Å². The highest BCUT2D eigenvalue weighted by Gasteiger charge is 2.17. The first-order chi connectivity index (χ1) is 9.10. The van der Waals surface area contributed by atoms with Crippen LogP contribution in [0, 0.1) is 17.7 Å². The molecular formula is C15H22N2O2. The summed E-state index contributed by atoms with van der Waals surface area (Å²) < 4.78 is 0. The number of aromatic hydroxyl groups is 1. The van der Waals surface area contributed by atoms with Crippen molar-refractivity contribution < 1.29 is 5.11 Å². The lowest BCUT2D eigenvalue weighted by Gasteiger charge is -2.27. The first-order valence-corrected chi connectivity index (χ1v) is 6.99. The van der Waals surface area contributed by atoms with Crippen LogP contribution in [0.4, 0.5) is 5.69 Å². The van der Waals surface area contributed by atoms with Crippen molar-refractivity contribution in [3.63, 3.8) is 0 Å². The van der Waals surface area contributed by atoms with Crippen LogP contribution in [0.2, 0.25) is 0 Å². The number of hydrogen-bond acceptors (Lipinski definition) is 4. The molecule has 0 spiro atoms. The molecule has 4 heteroatoms. The smallest absolute Gasteiger partial charge is 0.121 e. The highest BCUT2D eigenvalue weighted by Crippen LogP contribution is 2.29. The van der Waals surface area contributed by atoms with Crippen molar-refractivity contribution in [2.45, 2.75) is 52.1 Å². The third kappa shape index (κ3) is 3.53. The second-order valence-corrected chi connectivity index (χ2v) is 5.69. The first-order valence-electron chi connectivity index (χ1n) is 6.99. The molecule has 2 rings (SSSR count). The Bertz CT molecular complexity index is 452. The van der Waals surface area contributed by atoms with Crippen LogP contribution < -0.4 is 5.32 Å². The molecule has 1 saturated carbocycles. The number of nitrogens with one attached hydrogen (secondary N) is 1. The van der Waals surface area contributed by atoms with Gasteiger partial charge in [0.2, 0.25) is 0 Å². The van der Waals surface area contributed by atoms with E-state index < -0.39 is 0 Å². The van der Waals surface area contributed by atoms with E-state index in [1.807, 2.05) is 0 Å². The number of rotatable bonds is 4. The second kappa shape index (κ2) is 6.15. The van der Waals surface area contributed by atoms with Crippen molar-refractivity contribution >= 4 is 5.69 Å². The summed E-state index contributed by atoms with van der Waals surface area (Å²) in [6.07, 6.45) is 4.96. The number of nitrogens with zero attached hydrogens (tertiary/aromatic N) is 1. The Hall–Kier alpha value is -1.42. The van der Waals surface area contributed by atoms with Crippen molar-refractivity contribution in [1.29, 1.82) is 0 Å². The Balaban J connectivity index is 1.96. The van der Waals surface area contributed by atoms with Gasteiger partial charge in [-0.2, -0.15) is 0 Å². The van der Waals surface area contributed by atoms with Gasteiger partial charge in [-0.05, 0) is 61.4 Å². The molecule has 2 N–H and O–H groups in total. The van der Waals surface area contributed by atoms with Crippen molar-refractivity contribution in [2.24, 2.45) is 11.1 Å². The first kappa shape index (κ1) is 14.0. The van der Waals surface area contributed by atoms with Gasteiger partial charge in [0, 0.05) is 18.2 Å². The summed E-state index contributed by atoms with van der Waals surface area (Å²) in [6, 6.07) is 4.01. The van der Waals surface area contributed by atoms with Gasteiger partial charge in [0.15, 0.2) is 0 Å². The summed E-state index contributed by atoms with van der Waals surface area (Å²) in [5, 5.41) is 16.2. The molecule has 0 atom stereocenters. The van der Waals surface area contributed by atoms with Crippen LogP contribution in [0.15, 0.2) is 17.3 Å². The molecular weight excluding hydrogens is 240 g/mol. The van der Waals surface area contributed by atoms with E-state index in [2.05, 4.69) is 17.4 Å². The van der Waals surface area contributed by atoms with Gasteiger partial charge in [0.25, 0.3) is 0 Å². The maximum atomic E-state index is 10.7. The van der Waals surface area contributed by atoms with Crippen molar-refractivity contribution in [3.05, 3.63) is 28.2 Å². The molecule has 1 aromatic rings. The SMILES string of the molecule is Cc1c(O)cc(CNC2CCC(C)CC2)cc1N=O. The second-order valence-electron chi connectivity index (χ2n) is 5.69. The van der Waals surface area contributed by atoms with E-state index in [4.69, 9.17) is 0 Å². The molecule has 0 saturated heterocycles. The lowest BCUT2D eigenvalue weighted by molar-refractivity contribution is 0.306. The van der Waals surface area contributed by atoms with Crippen molar-refractivity contribution in [1.82, 2.24) is 5.32 Å². The fourth-order valence-corrected chi connectivity index (χ4v) is 2.66. The fourth-order valence-electron chi connectivity index (χ4n) is 2.66. The summed E-state index contributed by atoms with van der Waals surface area (Å²) >= 11 is 0. The summed E-state index contributed by atoms with van der Waals surface area (Å²) in [5.74, 6) is 0.985. The van der Waals surface area contributed by atoms with Gasteiger partial charge in [0.05, 0.1) is 0 Å². The van der Waals surface area contributed by atoms with Crippen LogP contribution in [-0.2, 0) is 6.54 Å². The molecule has 1 aromatic carbocycles. The minimum atomic E-state index is 0.145. The molecule has 0 aliphatic heterocycles. The third-order valence-electron chi connectivity index (χ3n) is 4.12. The topological polar surface area (TPSA) is 61.7 Å². The largest absolute Gasteiger partial charge is 0.508 e. The molecule has 19 heavy (non-hydrogen) atoms. The Morgan fingerprint density at radius 3 is 2.63 bits per heavy atom. The van der Waals surface area contributed by atoms with Crippen LogP contribution >= 0.6 is 0 Å². The Morgan fingerprint density at radius 2 is 2.00 bits per heavy atom. The zero-order valence-corrected chi connectivity index (χ0v) is 11.6. The lowest BCUT2D eigenvalue weighted by atomic mass is 9.87. The van der Waals surface area contributed by atoms with E-state index >= 15 is 0 Å². The van der Waals surface area contributed by atoms with Crippen LogP contribution in [-0.4, -0.2) is 11.1 Å². The van der Waals surface area contributed by atoms with Crippen molar-refractivity contribution in [2.75, 3.05) is 0 Å². The summed E-state index contributed by atoms with van der Waals surface area (Å²) in [7, 11) is 0. The van der Waals surface area contributed by atoms with Crippen LogP contribution in [0.5, 0.6) is 5.75 Å². The molecule has 4 nitrogen and oxygen atoms in total. The highest BCUT2D eigenvalue weighted by atomic mass is 16.3. The third-order valence-corrected chi connectivity index (χ3v) is 4.12. The fraction of sp³-hybridized carbons (Fsp3) is 0.600. The van der Waals surface area contributed by atoms with E-state index in [1.54, 1.807) is 19.1 Å². The molecule has 1 aliphatic carbocycles. The molecule has 1 aliphatic rings. The number of nitroso groups, excluding NO2 is 1. The van der Waals surface area contributed by atoms with Gasteiger partial charge < -0.3 is 10.4 Å². The molecule has 1 fully saturated rings. The normalized spacial score (nSPS) is 23.3. The summed E-state index contributed by atoms with van der Waals surface area (Å²) in [6.45, 7) is 4.68. The standard InChI is InChI=1S/C15H22N2O2/c1-10-3-5-13(6-4-10)16-9-12-7-14(17-19)11(2)15(18)8-12/h7-8,10,13,16,18H,3-6,9H2,1-2H3. The van der Waals surface area contributed by atoms with E-state index in [-0.39, 0.29) is 5.75 Å². The maximum absolute atomic E-state index is 10.7. The molecule has 0 unspecified atom stereocenters. The Labute approximate surface area is 114 Å². The minimum absolute atomic E-state index is 0.145. The summed E-state index contributed by atoms with van der Waals surface area (Å²) in [5.41, 5.74) is 1.79. The van der Waals surface area contributed by atoms with Crippen molar-refractivity contribution in [3.8, 4) is 5.75 Å². The van der Waals surface area contributed by atoms with Gasteiger partial charge in [-0.15, -0.1) is 4.91 Å². The van der Waals surface area contributed by atoms with E-state index in [0.29, 0.717) is 23.8 Å². The molecule has 0 radical (unpaired) electrons. The minimum Gasteiger partial charge on any atom is -0.508 e. The predicted octanol–water partition coefficient (Wildman–Crippen LogP) is 3.77. The lowest BCUT2D eigenvalue weighted by Crippen LogP contribution is -2.32. The van der Waals surface area contributed by atoms with E-state index in [9.17, 15) is 10.0 Å². The molecule has 0 aromatic heterocycles. The number of benzene rings is 1. The monoisotopic (exact) mass is 262 g/mol. The zero-order chi connectivity index (χ0) is 13.8. The zero-order valence-electron chi connectivity index (χ0n) is 11.6. The number of phenols is 1. The van der Waals surface area contributed by atoms with Gasteiger partial charge in [-0.3, -0.25) is 0 Å². The van der Waals surface area contributed by atoms with E-state index in [0.717, 1.165) is 11.5 Å². The average Bonchev–Trinajstić information content (AvgIpc) is 2.41. The Morgan fingerprint density at radius 1 is 1.32 bits per heavy atom. The predicted molar refractivity (Wildman–Crippen MR) is 76.6 cm³/mol.